The van der Waals surface area contributed by atoms with Crippen LogP contribution in [0.3, 0.4) is 0 Å². The van der Waals surface area contributed by atoms with Gasteiger partial charge in [-0.25, -0.2) is 0 Å². The van der Waals surface area contributed by atoms with Crippen LogP contribution < -0.4 is 14.8 Å². The summed E-state index contributed by atoms with van der Waals surface area (Å²) >= 11 is 0. The number of fused-ring (bicyclic) bond motifs is 1. The average Bonchev–Trinajstić information content (AvgIpc) is 2.53. The van der Waals surface area contributed by atoms with Crippen LogP contribution in [-0.2, 0) is 0 Å². The number of hydrogen-bond donors (Lipinski definition) is 1. The van der Waals surface area contributed by atoms with Crippen LogP contribution in [-0.4, -0.2) is 44.8 Å². The van der Waals surface area contributed by atoms with Crippen LogP contribution in [0.25, 0.3) is 0 Å². The van der Waals surface area contributed by atoms with Crippen LogP contribution >= 0.6 is 0 Å². The molecule has 22 heavy (non-hydrogen) atoms. The highest BCUT2D eigenvalue weighted by Crippen LogP contribution is 2.44. The zero-order valence-electron chi connectivity index (χ0n) is 14.6. The summed E-state index contributed by atoms with van der Waals surface area (Å²) < 4.78 is 11.7. The van der Waals surface area contributed by atoms with E-state index in [0.29, 0.717) is 6.04 Å². The van der Waals surface area contributed by atoms with E-state index in [1.165, 1.54) is 5.56 Å². The van der Waals surface area contributed by atoms with Gasteiger partial charge < -0.3 is 19.7 Å². The minimum absolute atomic E-state index is 0.0743. The molecule has 0 bridgehead atoms. The van der Waals surface area contributed by atoms with E-state index in [1.807, 2.05) is 12.1 Å². The second-order valence-electron chi connectivity index (χ2n) is 6.41. The van der Waals surface area contributed by atoms with E-state index in [-0.39, 0.29) is 5.60 Å². The van der Waals surface area contributed by atoms with Gasteiger partial charge in [-0.3, -0.25) is 0 Å². The maximum absolute atomic E-state index is 6.39. The van der Waals surface area contributed by atoms with Crippen molar-refractivity contribution in [3.05, 3.63) is 23.8 Å². The molecular formula is C18H30N2O2. The van der Waals surface area contributed by atoms with Gasteiger partial charge in [0.1, 0.15) is 17.1 Å². The Labute approximate surface area is 134 Å². The smallest absolute Gasteiger partial charge is 0.128 e. The van der Waals surface area contributed by atoms with Gasteiger partial charge in [0.25, 0.3) is 0 Å². The minimum atomic E-state index is -0.0743. The Morgan fingerprint density at radius 2 is 2.05 bits per heavy atom. The summed E-state index contributed by atoms with van der Waals surface area (Å²) in [6.45, 7) is 6.44. The van der Waals surface area contributed by atoms with Gasteiger partial charge in [0.2, 0.25) is 0 Å². The molecule has 0 aliphatic carbocycles. The van der Waals surface area contributed by atoms with Crippen LogP contribution in [0, 0.1) is 0 Å². The van der Waals surface area contributed by atoms with Crippen LogP contribution in [0.15, 0.2) is 18.2 Å². The molecule has 1 aromatic rings. The van der Waals surface area contributed by atoms with Crippen LogP contribution in [0.2, 0.25) is 0 Å². The average molecular weight is 306 g/mol. The lowest BCUT2D eigenvalue weighted by atomic mass is 9.83. The van der Waals surface area contributed by atoms with Crippen LogP contribution in [0.5, 0.6) is 11.5 Å². The summed E-state index contributed by atoms with van der Waals surface area (Å²) in [6, 6.07) is 6.52. The van der Waals surface area contributed by atoms with Gasteiger partial charge >= 0.3 is 0 Å². The number of nitrogens with one attached hydrogen (secondary N) is 1. The van der Waals surface area contributed by atoms with E-state index in [4.69, 9.17) is 9.47 Å². The van der Waals surface area contributed by atoms with E-state index in [9.17, 15) is 0 Å². The number of methoxy groups -OCH3 is 1. The SMILES string of the molecule is CCC1(CC)CC(NCCN(C)C)c2ccc(OC)cc2O1. The van der Waals surface area contributed by atoms with Crippen molar-refractivity contribution >= 4 is 0 Å². The molecule has 1 aliphatic rings. The fraction of sp³-hybridized carbons (Fsp3) is 0.667. The molecule has 0 saturated carbocycles. The van der Waals surface area contributed by atoms with E-state index in [1.54, 1.807) is 7.11 Å². The Kier molecular flexibility index (Phi) is 5.70. The molecule has 0 fully saturated rings. The lowest BCUT2D eigenvalue weighted by Crippen LogP contribution is -2.44. The summed E-state index contributed by atoms with van der Waals surface area (Å²) in [5, 5.41) is 3.71. The van der Waals surface area contributed by atoms with Crippen molar-refractivity contribution in [2.45, 2.75) is 44.8 Å². The zero-order chi connectivity index (χ0) is 16.2. The predicted octanol–water partition coefficient (Wildman–Crippen LogP) is 3.23. The molecule has 0 amide bonds. The Morgan fingerprint density at radius 3 is 2.64 bits per heavy atom. The number of benzene rings is 1. The molecule has 1 aromatic carbocycles. The predicted molar refractivity (Wildman–Crippen MR) is 90.8 cm³/mol. The number of nitrogens with zero attached hydrogens (tertiary/aromatic N) is 1. The molecule has 1 N–H and O–H groups in total. The molecule has 124 valence electrons. The molecule has 0 radical (unpaired) electrons. The van der Waals surface area contributed by atoms with Crippen molar-refractivity contribution < 1.29 is 9.47 Å². The molecule has 0 aromatic heterocycles. The third-order valence-corrected chi connectivity index (χ3v) is 4.74. The summed E-state index contributed by atoms with van der Waals surface area (Å²) in [6.07, 6.45) is 3.06. The van der Waals surface area contributed by atoms with Crippen molar-refractivity contribution in [3.63, 3.8) is 0 Å². The van der Waals surface area contributed by atoms with Crippen molar-refractivity contribution in [1.82, 2.24) is 10.2 Å². The maximum atomic E-state index is 6.39. The third-order valence-electron chi connectivity index (χ3n) is 4.74. The molecule has 0 saturated heterocycles. The molecular weight excluding hydrogens is 276 g/mol. The van der Waals surface area contributed by atoms with Gasteiger partial charge in [0, 0.05) is 37.2 Å². The molecule has 1 heterocycles. The van der Waals surface area contributed by atoms with Crippen LogP contribution in [0.4, 0.5) is 0 Å². The van der Waals surface area contributed by atoms with Gasteiger partial charge in [0.15, 0.2) is 0 Å². The lowest BCUT2D eigenvalue weighted by Gasteiger charge is -2.42. The van der Waals surface area contributed by atoms with Gasteiger partial charge in [0.05, 0.1) is 7.11 Å². The molecule has 1 aliphatic heterocycles. The normalized spacial score (nSPS) is 19.6. The first kappa shape index (κ1) is 17.1. The highest BCUT2D eigenvalue weighted by atomic mass is 16.5. The van der Waals surface area contributed by atoms with Crippen molar-refractivity contribution in [2.75, 3.05) is 34.3 Å². The molecule has 0 spiro atoms. The quantitative estimate of drug-likeness (QED) is 0.838. The van der Waals surface area contributed by atoms with Crippen molar-refractivity contribution in [3.8, 4) is 11.5 Å². The Bertz CT molecular complexity index is 484. The van der Waals surface area contributed by atoms with Gasteiger partial charge in [-0.05, 0) is 33.0 Å². The molecule has 4 heteroatoms. The number of rotatable bonds is 7. The van der Waals surface area contributed by atoms with Crippen molar-refractivity contribution in [1.29, 1.82) is 0 Å². The van der Waals surface area contributed by atoms with Crippen molar-refractivity contribution in [2.24, 2.45) is 0 Å². The Balaban J connectivity index is 2.24. The second-order valence-corrected chi connectivity index (χ2v) is 6.41. The monoisotopic (exact) mass is 306 g/mol. The van der Waals surface area contributed by atoms with E-state index in [2.05, 4.69) is 44.2 Å². The fourth-order valence-electron chi connectivity index (χ4n) is 3.10. The van der Waals surface area contributed by atoms with E-state index < -0.39 is 0 Å². The number of ether oxygens (including phenoxy) is 2. The van der Waals surface area contributed by atoms with E-state index in [0.717, 1.165) is 43.9 Å². The van der Waals surface area contributed by atoms with Gasteiger partial charge in [-0.1, -0.05) is 19.9 Å². The zero-order valence-corrected chi connectivity index (χ0v) is 14.6. The minimum Gasteiger partial charge on any atom is -0.497 e. The standard InChI is InChI=1S/C18H30N2O2/c1-6-18(7-2)13-16(19-10-11-20(3)4)15-9-8-14(21-5)12-17(15)22-18/h8-9,12,16,19H,6-7,10-11,13H2,1-5H3. The Hall–Kier alpha value is -1.26. The van der Waals surface area contributed by atoms with E-state index >= 15 is 0 Å². The Morgan fingerprint density at radius 1 is 1.32 bits per heavy atom. The third kappa shape index (κ3) is 3.73. The summed E-state index contributed by atoms with van der Waals surface area (Å²) in [5.74, 6) is 1.82. The largest absolute Gasteiger partial charge is 0.497 e. The first-order valence-electron chi connectivity index (χ1n) is 8.28. The maximum Gasteiger partial charge on any atom is 0.128 e. The lowest BCUT2D eigenvalue weighted by molar-refractivity contribution is 0.0224. The van der Waals surface area contributed by atoms with Gasteiger partial charge in [-0.2, -0.15) is 0 Å². The summed E-state index contributed by atoms with van der Waals surface area (Å²) in [4.78, 5) is 2.20. The summed E-state index contributed by atoms with van der Waals surface area (Å²) in [7, 11) is 5.91. The second kappa shape index (κ2) is 7.34. The fourth-order valence-corrected chi connectivity index (χ4v) is 3.10. The number of likely N-dealkylation sites (N-methyl/N-ethyl adjacent to an activating group) is 1. The molecule has 1 atom stereocenters. The molecule has 1 unspecified atom stereocenters. The highest BCUT2D eigenvalue weighted by Gasteiger charge is 2.38. The molecule has 2 rings (SSSR count). The van der Waals surface area contributed by atoms with Crippen LogP contribution in [0.1, 0.15) is 44.7 Å². The number of hydrogen-bond acceptors (Lipinski definition) is 4. The topological polar surface area (TPSA) is 33.7 Å². The molecule has 4 nitrogen and oxygen atoms in total. The highest BCUT2D eigenvalue weighted by molar-refractivity contribution is 5.44. The summed E-state index contributed by atoms with van der Waals surface area (Å²) in [5.41, 5.74) is 1.17. The first-order chi connectivity index (χ1) is 10.5. The van der Waals surface area contributed by atoms with Gasteiger partial charge in [-0.15, -0.1) is 0 Å². The first-order valence-corrected chi connectivity index (χ1v) is 8.28.